The monoisotopic (exact) mass is 259 g/mol. The predicted molar refractivity (Wildman–Crippen MR) is 76.2 cm³/mol. The van der Waals surface area contributed by atoms with Crippen LogP contribution in [0.2, 0.25) is 0 Å². The van der Waals surface area contributed by atoms with Gasteiger partial charge in [0.25, 0.3) is 0 Å². The van der Waals surface area contributed by atoms with Crippen LogP contribution >= 0.6 is 12.2 Å². The maximum Gasteiger partial charge on any atom is 0.179 e. The van der Waals surface area contributed by atoms with Gasteiger partial charge in [-0.3, -0.25) is 0 Å². The van der Waals surface area contributed by atoms with Gasteiger partial charge in [-0.15, -0.1) is 0 Å². The van der Waals surface area contributed by atoms with Crippen molar-refractivity contribution in [3.8, 4) is 0 Å². The van der Waals surface area contributed by atoms with Gasteiger partial charge in [0.05, 0.1) is 5.52 Å². The van der Waals surface area contributed by atoms with Crippen molar-refractivity contribution in [2.24, 2.45) is 0 Å². The smallest absolute Gasteiger partial charge is 0.179 e. The minimum Gasteiger partial charge on any atom is -0.329 e. The van der Waals surface area contributed by atoms with Crippen molar-refractivity contribution in [1.29, 1.82) is 0 Å². The van der Waals surface area contributed by atoms with Gasteiger partial charge < -0.3 is 9.55 Å². The fourth-order valence-electron chi connectivity index (χ4n) is 2.58. The molecule has 0 radical (unpaired) electrons. The molecule has 2 aromatic heterocycles. The Kier molecular flexibility index (Phi) is 3.04. The van der Waals surface area contributed by atoms with E-state index in [1.54, 1.807) is 5.57 Å². The van der Waals surface area contributed by atoms with E-state index in [4.69, 9.17) is 12.2 Å². The summed E-state index contributed by atoms with van der Waals surface area (Å²) < 4.78 is 2.89. The molecule has 1 N–H and O–H groups in total. The summed E-state index contributed by atoms with van der Waals surface area (Å²) in [7, 11) is 0. The Labute approximate surface area is 112 Å². The topological polar surface area (TPSA) is 33.6 Å². The Morgan fingerprint density at radius 1 is 1.50 bits per heavy atom. The molecule has 0 saturated carbocycles. The molecule has 0 saturated heterocycles. The lowest BCUT2D eigenvalue weighted by molar-refractivity contribution is 0.683. The van der Waals surface area contributed by atoms with E-state index < -0.39 is 0 Å². The fraction of sp³-hybridized carbons (Fsp3) is 0.429. The Hall–Kier alpha value is -1.42. The number of imidazole rings is 1. The van der Waals surface area contributed by atoms with Crippen LogP contribution in [0.15, 0.2) is 23.9 Å². The van der Waals surface area contributed by atoms with E-state index in [9.17, 15) is 0 Å². The number of pyridine rings is 1. The first-order valence-corrected chi connectivity index (χ1v) is 6.88. The fourth-order valence-corrected chi connectivity index (χ4v) is 2.86. The predicted octanol–water partition coefficient (Wildman–Crippen LogP) is 3.90. The first-order valence-electron chi connectivity index (χ1n) is 6.47. The highest BCUT2D eigenvalue weighted by Gasteiger charge is 2.08. The standard InChI is InChI=1S/C14H17N3S/c1-10-8-12-13(15-9-10)17(14(18)16-12)7-6-11-4-2-3-5-11/h4,8-9H,2-3,5-7H2,1H3,(H,16,18). The van der Waals surface area contributed by atoms with E-state index in [1.165, 1.54) is 19.3 Å². The normalized spacial score (nSPS) is 15.3. The average Bonchev–Trinajstić information content (AvgIpc) is 2.93. The molecule has 4 heteroatoms. The van der Waals surface area contributed by atoms with Crippen molar-refractivity contribution < 1.29 is 0 Å². The van der Waals surface area contributed by atoms with Gasteiger partial charge >= 0.3 is 0 Å². The van der Waals surface area contributed by atoms with Crippen LogP contribution in [-0.4, -0.2) is 14.5 Å². The molecule has 3 rings (SSSR count). The van der Waals surface area contributed by atoms with Crippen LogP contribution in [0.4, 0.5) is 0 Å². The van der Waals surface area contributed by atoms with Gasteiger partial charge in [0, 0.05) is 12.7 Å². The van der Waals surface area contributed by atoms with Gasteiger partial charge in [-0.1, -0.05) is 11.6 Å². The third-order valence-electron chi connectivity index (χ3n) is 3.54. The Balaban J connectivity index is 1.91. The largest absolute Gasteiger partial charge is 0.329 e. The zero-order valence-electron chi connectivity index (χ0n) is 10.6. The van der Waals surface area contributed by atoms with E-state index in [2.05, 4.69) is 26.7 Å². The quantitative estimate of drug-likeness (QED) is 0.670. The minimum absolute atomic E-state index is 0.779. The molecule has 0 spiro atoms. The maximum atomic E-state index is 5.38. The molecule has 0 unspecified atom stereocenters. The minimum atomic E-state index is 0.779. The highest BCUT2D eigenvalue weighted by atomic mass is 32.1. The molecule has 0 amide bonds. The SMILES string of the molecule is Cc1cnc2c(c1)[nH]c(=S)n2CCC1=CCCC1. The van der Waals surface area contributed by atoms with Crippen molar-refractivity contribution in [3.05, 3.63) is 34.2 Å². The number of fused-ring (bicyclic) bond motifs is 1. The Morgan fingerprint density at radius 2 is 2.39 bits per heavy atom. The summed E-state index contributed by atoms with van der Waals surface area (Å²) in [6, 6.07) is 2.10. The highest BCUT2D eigenvalue weighted by Crippen LogP contribution is 2.22. The van der Waals surface area contributed by atoms with Gasteiger partial charge in [0.2, 0.25) is 0 Å². The lowest BCUT2D eigenvalue weighted by Gasteiger charge is -2.04. The number of hydrogen-bond donors (Lipinski definition) is 1. The van der Waals surface area contributed by atoms with Crippen molar-refractivity contribution >= 4 is 23.4 Å². The molecule has 0 aliphatic heterocycles. The summed E-state index contributed by atoms with van der Waals surface area (Å²) in [6.07, 6.45) is 9.17. The summed E-state index contributed by atoms with van der Waals surface area (Å²) >= 11 is 5.38. The maximum absolute atomic E-state index is 5.38. The second kappa shape index (κ2) is 4.69. The molecule has 2 aromatic rings. The summed E-state index contributed by atoms with van der Waals surface area (Å²) in [5.41, 5.74) is 4.74. The van der Waals surface area contributed by atoms with Crippen molar-refractivity contribution in [2.75, 3.05) is 0 Å². The highest BCUT2D eigenvalue weighted by molar-refractivity contribution is 7.71. The van der Waals surface area contributed by atoms with Crippen LogP contribution in [-0.2, 0) is 6.54 Å². The molecule has 0 fully saturated rings. The van der Waals surface area contributed by atoms with Crippen LogP contribution < -0.4 is 0 Å². The number of aryl methyl sites for hydroxylation is 2. The molecule has 0 aromatic carbocycles. The van der Waals surface area contributed by atoms with Crippen LogP contribution in [0.5, 0.6) is 0 Å². The number of H-pyrrole nitrogens is 1. The van der Waals surface area contributed by atoms with Gasteiger partial charge in [0.15, 0.2) is 10.4 Å². The number of nitrogens with one attached hydrogen (secondary N) is 1. The number of allylic oxidation sites excluding steroid dienone is 2. The molecular formula is C14H17N3S. The molecule has 18 heavy (non-hydrogen) atoms. The number of aromatic nitrogens is 3. The summed E-state index contributed by atoms with van der Waals surface area (Å²) in [4.78, 5) is 7.73. The first-order chi connectivity index (χ1) is 8.74. The number of aromatic amines is 1. The molecule has 1 aliphatic carbocycles. The summed E-state index contributed by atoms with van der Waals surface area (Å²) in [6.45, 7) is 2.98. The third kappa shape index (κ3) is 2.12. The lowest BCUT2D eigenvalue weighted by Crippen LogP contribution is -2.00. The van der Waals surface area contributed by atoms with Gasteiger partial charge in [0.1, 0.15) is 0 Å². The van der Waals surface area contributed by atoms with E-state index in [0.717, 1.165) is 34.5 Å². The Bertz CT molecular complexity index is 663. The molecule has 94 valence electrons. The van der Waals surface area contributed by atoms with E-state index >= 15 is 0 Å². The average molecular weight is 259 g/mol. The summed E-state index contributed by atoms with van der Waals surface area (Å²) in [5.74, 6) is 0. The van der Waals surface area contributed by atoms with Crippen molar-refractivity contribution in [1.82, 2.24) is 14.5 Å². The number of rotatable bonds is 3. The number of nitrogens with zero attached hydrogens (tertiary/aromatic N) is 2. The van der Waals surface area contributed by atoms with Crippen LogP contribution in [0.1, 0.15) is 31.2 Å². The van der Waals surface area contributed by atoms with Crippen LogP contribution in [0.3, 0.4) is 0 Å². The van der Waals surface area contributed by atoms with Gasteiger partial charge in [-0.25, -0.2) is 4.98 Å². The second-order valence-corrected chi connectivity index (χ2v) is 5.36. The van der Waals surface area contributed by atoms with Crippen molar-refractivity contribution in [3.63, 3.8) is 0 Å². The molecule has 2 heterocycles. The molecular weight excluding hydrogens is 242 g/mol. The molecule has 1 aliphatic rings. The van der Waals surface area contributed by atoms with E-state index in [-0.39, 0.29) is 0 Å². The molecule has 0 atom stereocenters. The van der Waals surface area contributed by atoms with Gasteiger partial charge in [-0.05, 0) is 56.5 Å². The van der Waals surface area contributed by atoms with Crippen LogP contribution in [0.25, 0.3) is 11.2 Å². The zero-order chi connectivity index (χ0) is 12.5. The van der Waals surface area contributed by atoms with Crippen molar-refractivity contribution in [2.45, 2.75) is 39.2 Å². The number of hydrogen-bond acceptors (Lipinski definition) is 2. The van der Waals surface area contributed by atoms with Gasteiger partial charge in [-0.2, -0.15) is 0 Å². The van der Waals surface area contributed by atoms with Crippen LogP contribution in [0, 0.1) is 11.7 Å². The van der Waals surface area contributed by atoms with E-state index in [0.29, 0.717) is 0 Å². The third-order valence-corrected chi connectivity index (χ3v) is 3.86. The second-order valence-electron chi connectivity index (χ2n) is 4.97. The summed E-state index contributed by atoms with van der Waals surface area (Å²) in [5, 5.41) is 0. The molecule has 0 bridgehead atoms. The Morgan fingerprint density at radius 3 is 3.17 bits per heavy atom. The van der Waals surface area contributed by atoms with E-state index in [1.807, 2.05) is 13.1 Å². The first kappa shape index (κ1) is 11.7. The zero-order valence-corrected chi connectivity index (χ0v) is 11.4. The lowest BCUT2D eigenvalue weighted by atomic mass is 10.2. The molecule has 3 nitrogen and oxygen atoms in total.